The molecule has 0 atom stereocenters. The predicted molar refractivity (Wildman–Crippen MR) is 74.6 cm³/mol. The number of nitrogens with zero attached hydrogens (tertiary/aromatic N) is 1. The van der Waals surface area contributed by atoms with Crippen molar-refractivity contribution in [3.05, 3.63) is 40.6 Å². The van der Waals surface area contributed by atoms with E-state index in [4.69, 9.17) is 4.98 Å². The zero-order valence-corrected chi connectivity index (χ0v) is 11.3. The fourth-order valence-electron chi connectivity index (χ4n) is 2.47. The number of hydrogen-bond donors (Lipinski definition) is 0. The summed E-state index contributed by atoms with van der Waals surface area (Å²) in [5.41, 5.74) is 6.49. The van der Waals surface area contributed by atoms with Gasteiger partial charge in [0.1, 0.15) is 0 Å². The number of aromatic nitrogens is 1. The third kappa shape index (κ3) is 2.33. The number of pyridine rings is 1. The lowest BCUT2D eigenvalue weighted by atomic mass is 10.0. The van der Waals surface area contributed by atoms with Gasteiger partial charge in [0.05, 0.1) is 5.52 Å². The maximum Gasteiger partial charge on any atom is 0.0710 e. The van der Waals surface area contributed by atoms with Crippen LogP contribution < -0.4 is 0 Å². The Morgan fingerprint density at radius 2 is 1.82 bits per heavy atom. The van der Waals surface area contributed by atoms with E-state index in [1.165, 1.54) is 27.8 Å². The van der Waals surface area contributed by atoms with Crippen LogP contribution in [0, 0.1) is 13.8 Å². The summed E-state index contributed by atoms with van der Waals surface area (Å²) in [6.07, 6.45) is 3.33. The van der Waals surface area contributed by atoms with E-state index < -0.39 is 0 Å². The number of rotatable bonds is 3. The van der Waals surface area contributed by atoms with Crippen molar-refractivity contribution in [3.63, 3.8) is 0 Å². The van der Waals surface area contributed by atoms with Gasteiger partial charge < -0.3 is 0 Å². The lowest BCUT2D eigenvalue weighted by Crippen LogP contribution is -1.98. The normalized spacial score (nSPS) is 11.1. The molecule has 0 unspecified atom stereocenters. The van der Waals surface area contributed by atoms with Crippen LogP contribution in [0.4, 0.5) is 0 Å². The van der Waals surface area contributed by atoms with Crippen molar-refractivity contribution in [3.8, 4) is 0 Å². The van der Waals surface area contributed by atoms with Gasteiger partial charge >= 0.3 is 0 Å². The molecule has 17 heavy (non-hydrogen) atoms. The molecule has 0 radical (unpaired) electrons. The van der Waals surface area contributed by atoms with E-state index >= 15 is 0 Å². The second-order valence-corrected chi connectivity index (χ2v) is 4.85. The van der Waals surface area contributed by atoms with E-state index in [0.717, 1.165) is 24.8 Å². The Bertz CT molecular complexity index is 541. The SMILES string of the molecule is CCCc1nc2cc(C)cc(C)c2cc1CC. The molecule has 0 saturated heterocycles. The highest BCUT2D eigenvalue weighted by Crippen LogP contribution is 2.23. The minimum atomic E-state index is 1.07. The highest BCUT2D eigenvalue weighted by atomic mass is 14.7. The first kappa shape index (κ1) is 12.1. The summed E-state index contributed by atoms with van der Waals surface area (Å²) in [5, 5.41) is 1.31. The molecule has 0 spiro atoms. The molecule has 90 valence electrons. The molecule has 2 aromatic rings. The van der Waals surface area contributed by atoms with Gasteiger partial charge in [-0.1, -0.05) is 26.3 Å². The van der Waals surface area contributed by atoms with Gasteiger partial charge in [-0.05, 0) is 55.5 Å². The summed E-state index contributed by atoms with van der Waals surface area (Å²) >= 11 is 0. The molecule has 1 aromatic carbocycles. The van der Waals surface area contributed by atoms with E-state index in [9.17, 15) is 0 Å². The average Bonchev–Trinajstić information content (AvgIpc) is 2.28. The van der Waals surface area contributed by atoms with Gasteiger partial charge in [0.2, 0.25) is 0 Å². The molecule has 1 heteroatoms. The summed E-state index contributed by atoms with van der Waals surface area (Å²) in [7, 11) is 0. The van der Waals surface area contributed by atoms with E-state index in [1.54, 1.807) is 0 Å². The smallest absolute Gasteiger partial charge is 0.0710 e. The van der Waals surface area contributed by atoms with Crippen LogP contribution in [-0.2, 0) is 12.8 Å². The highest BCUT2D eigenvalue weighted by molar-refractivity contribution is 5.83. The van der Waals surface area contributed by atoms with Gasteiger partial charge in [0, 0.05) is 11.1 Å². The maximum atomic E-state index is 4.86. The van der Waals surface area contributed by atoms with Crippen molar-refractivity contribution in [2.45, 2.75) is 47.0 Å². The van der Waals surface area contributed by atoms with Gasteiger partial charge in [0.25, 0.3) is 0 Å². The van der Waals surface area contributed by atoms with Crippen molar-refractivity contribution < 1.29 is 0 Å². The molecule has 0 bridgehead atoms. The van der Waals surface area contributed by atoms with E-state index in [2.05, 4.69) is 45.9 Å². The molecule has 1 aromatic heterocycles. The number of benzene rings is 1. The van der Waals surface area contributed by atoms with Crippen molar-refractivity contribution in [1.82, 2.24) is 4.98 Å². The Morgan fingerprint density at radius 3 is 2.47 bits per heavy atom. The fraction of sp³-hybridized carbons (Fsp3) is 0.438. The molecule has 2 rings (SSSR count). The van der Waals surface area contributed by atoms with Gasteiger partial charge in [-0.3, -0.25) is 4.98 Å². The van der Waals surface area contributed by atoms with Crippen LogP contribution in [0.25, 0.3) is 10.9 Å². The Labute approximate surface area is 104 Å². The van der Waals surface area contributed by atoms with Crippen molar-refractivity contribution in [2.75, 3.05) is 0 Å². The molecule has 1 nitrogen and oxygen atoms in total. The second kappa shape index (κ2) is 4.87. The predicted octanol–water partition coefficient (Wildman–Crippen LogP) is 4.37. The van der Waals surface area contributed by atoms with Crippen LogP contribution in [0.3, 0.4) is 0 Å². The third-order valence-electron chi connectivity index (χ3n) is 3.32. The summed E-state index contributed by atoms with van der Waals surface area (Å²) in [4.78, 5) is 4.86. The topological polar surface area (TPSA) is 12.9 Å². The Hall–Kier alpha value is -1.37. The van der Waals surface area contributed by atoms with Crippen LogP contribution >= 0.6 is 0 Å². The molecule has 0 N–H and O–H groups in total. The minimum Gasteiger partial charge on any atom is -0.253 e. The molecule has 0 amide bonds. The van der Waals surface area contributed by atoms with Gasteiger partial charge in [-0.15, -0.1) is 0 Å². The van der Waals surface area contributed by atoms with Gasteiger partial charge in [-0.25, -0.2) is 0 Å². The van der Waals surface area contributed by atoms with Crippen molar-refractivity contribution in [1.29, 1.82) is 0 Å². The monoisotopic (exact) mass is 227 g/mol. The van der Waals surface area contributed by atoms with Gasteiger partial charge in [-0.2, -0.15) is 0 Å². The molecule has 0 saturated carbocycles. The van der Waals surface area contributed by atoms with Crippen LogP contribution in [0.5, 0.6) is 0 Å². The molecular formula is C16H21N. The zero-order valence-electron chi connectivity index (χ0n) is 11.3. The number of hydrogen-bond acceptors (Lipinski definition) is 1. The minimum absolute atomic E-state index is 1.07. The second-order valence-electron chi connectivity index (χ2n) is 4.85. The summed E-state index contributed by atoms with van der Waals surface area (Å²) in [6.45, 7) is 8.75. The third-order valence-corrected chi connectivity index (χ3v) is 3.32. The standard InChI is InChI=1S/C16H21N/c1-5-7-15-13(6-2)10-14-12(4)8-11(3)9-16(14)17-15/h8-10H,5-7H2,1-4H3. The van der Waals surface area contributed by atoms with E-state index in [-0.39, 0.29) is 0 Å². The van der Waals surface area contributed by atoms with Crippen LogP contribution in [-0.4, -0.2) is 4.98 Å². The van der Waals surface area contributed by atoms with Crippen LogP contribution in [0.2, 0.25) is 0 Å². The number of fused-ring (bicyclic) bond motifs is 1. The molecule has 0 fully saturated rings. The van der Waals surface area contributed by atoms with E-state index in [0.29, 0.717) is 0 Å². The number of aryl methyl sites for hydroxylation is 4. The zero-order chi connectivity index (χ0) is 12.4. The Balaban J connectivity index is 2.69. The summed E-state index contributed by atoms with van der Waals surface area (Å²) in [5.74, 6) is 0. The summed E-state index contributed by atoms with van der Waals surface area (Å²) < 4.78 is 0. The molecule has 0 aliphatic heterocycles. The molecule has 1 heterocycles. The average molecular weight is 227 g/mol. The maximum absolute atomic E-state index is 4.86. The van der Waals surface area contributed by atoms with Crippen molar-refractivity contribution in [2.24, 2.45) is 0 Å². The Morgan fingerprint density at radius 1 is 1.06 bits per heavy atom. The first-order valence-corrected chi connectivity index (χ1v) is 6.55. The quantitative estimate of drug-likeness (QED) is 0.759. The largest absolute Gasteiger partial charge is 0.253 e. The van der Waals surface area contributed by atoms with Gasteiger partial charge in [0.15, 0.2) is 0 Å². The van der Waals surface area contributed by atoms with E-state index in [1.807, 2.05) is 0 Å². The van der Waals surface area contributed by atoms with Crippen LogP contribution in [0.15, 0.2) is 18.2 Å². The fourth-order valence-corrected chi connectivity index (χ4v) is 2.47. The Kier molecular flexibility index (Phi) is 3.46. The molecule has 0 aliphatic rings. The highest BCUT2D eigenvalue weighted by Gasteiger charge is 2.07. The van der Waals surface area contributed by atoms with Crippen LogP contribution in [0.1, 0.15) is 42.7 Å². The molecular weight excluding hydrogens is 206 g/mol. The molecule has 0 aliphatic carbocycles. The lowest BCUT2D eigenvalue weighted by Gasteiger charge is -2.11. The lowest BCUT2D eigenvalue weighted by molar-refractivity contribution is 0.865. The first-order chi connectivity index (χ1) is 8.15. The van der Waals surface area contributed by atoms with Crippen molar-refractivity contribution >= 4 is 10.9 Å². The first-order valence-electron chi connectivity index (χ1n) is 6.55. The summed E-state index contributed by atoms with van der Waals surface area (Å²) in [6, 6.07) is 6.77.